The summed E-state index contributed by atoms with van der Waals surface area (Å²) in [5, 5.41) is 6.74. The smallest absolute Gasteiger partial charge is 0.306 e. The molecule has 0 aliphatic carbocycles. The van der Waals surface area contributed by atoms with E-state index in [-0.39, 0.29) is 18.7 Å². The molecular formula is C20H19N3O4. The Morgan fingerprint density at radius 1 is 1.00 bits per heavy atom. The van der Waals surface area contributed by atoms with Crippen molar-refractivity contribution in [3.05, 3.63) is 54.1 Å². The number of amides is 1. The number of anilines is 1. The maximum atomic E-state index is 11.8. The molecular weight excluding hydrogens is 346 g/mol. The Kier molecular flexibility index (Phi) is 5.61. The number of benzene rings is 2. The van der Waals surface area contributed by atoms with Gasteiger partial charge in [0.15, 0.2) is 0 Å². The van der Waals surface area contributed by atoms with Crippen molar-refractivity contribution in [2.45, 2.75) is 19.8 Å². The number of carbonyl (C=O) groups is 2. The predicted octanol–water partition coefficient (Wildman–Crippen LogP) is 3.60. The van der Waals surface area contributed by atoms with Gasteiger partial charge in [-0.05, 0) is 31.2 Å². The molecule has 0 saturated carbocycles. The number of nitrogens with zero attached hydrogens (tertiary/aromatic N) is 2. The zero-order chi connectivity index (χ0) is 19.2. The third-order valence-corrected chi connectivity index (χ3v) is 3.94. The summed E-state index contributed by atoms with van der Waals surface area (Å²) >= 11 is 0. The second-order valence-electron chi connectivity index (χ2n) is 5.99. The van der Waals surface area contributed by atoms with Crippen molar-refractivity contribution in [3.8, 4) is 22.8 Å². The Hall–Kier alpha value is -3.48. The summed E-state index contributed by atoms with van der Waals surface area (Å²) in [6.07, 6.45) is 0.113. The highest BCUT2D eigenvalue weighted by molar-refractivity contribution is 5.92. The summed E-state index contributed by atoms with van der Waals surface area (Å²) in [5.41, 5.74) is 3.40. The third-order valence-electron chi connectivity index (χ3n) is 3.94. The summed E-state index contributed by atoms with van der Waals surface area (Å²) in [6.45, 7) is 2.02. The van der Waals surface area contributed by atoms with E-state index in [0.717, 1.165) is 16.7 Å². The van der Waals surface area contributed by atoms with Gasteiger partial charge in [-0.3, -0.25) is 9.59 Å². The molecule has 0 spiro atoms. The highest BCUT2D eigenvalue weighted by Crippen LogP contribution is 2.23. The molecule has 3 rings (SSSR count). The molecule has 0 saturated heterocycles. The van der Waals surface area contributed by atoms with Crippen LogP contribution in [0.15, 0.2) is 53.1 Å². The molecule has 27 heavy (non-hydrogen) atoms. The molecule has 0 aliphatic heterocycles. The third kappa shape index (κ3) is 4.78. The first-order chi connectivity index (χ1) is 13.0. The summed E-state index contributed by atoms with van der Waals surface area (Å²) in [5.74, 6) is 0.244. The number of rotatable bonds is 6. The van der Waals surface area contributed by atoms with Gasteiger partial charge in [0.05, 0.1) is 13.5 Å². The van der Waals surface area contributed by atoms with Gasteiger partial charge in [0, 0.05) is 23.2 Å². The zero-order valence-electron chi connectivity index (χ0n) is 15.1. The van der Waals surface area contributed by atoms with E-state index in [1.807, 2.05) is 31.2 Å². The van der Waals surface area contributed by atoms with Crippen LogP contribution in [0.4, 0.5) is 5.69 Å². The molecule has 0 fully saturated rings. The van der Waals surface area contributed by atoms with Gasteiger partial charge in [0.25, 0.3) is 5.89 Å². The molecule has 0 bridgehead atoms. The van der Waals surface area contributed by atoms with Crippen LogP contribution in [-0.4, -0.2) is 29.1 Å². The monoisotopic (exact) mass is 365 g/mol. The maximum Gasteiger partial charge on any atom is 0.306 e. The van der Waals surface area contributed by atoms with Gasteiger partial charge in [-0.15, -0.1) is 0 Å². The second kappa shape index (κ2) is 8.27. The molecule has 0 unspecified atom stereocenters. The second-order valence-corrected chi connectivity index (χ2v) is 5.99. The molecule has 0 radical (unpaired) electrons. The van der Waals surface area contributed by atoms with Crippen molar-refractivity contribution in [2.75, 3.05) is 12.4 Å². The van der Waals surface area contributed by atoms with Gasteiger partial charge < -0.3 is 14.6 Å². The molecule has 1 heterocycles. The van der Waals surface area contributed by atoms with Crippen LogP contribution in [-0.2, 0) is 14.3 Å². The number of carbonyl (C=O) groups excluding carboxylic acids is 2. The van der Waals surface area contributed by atoms with Crippen molar-refractivity contribution in [2.24, 2.45) is 0 Å². The standard InChI is InChI=1S/C20H19N3O4/c1-13-3-5-14(6-4-13)19-22-20(27-23-19)15-7-9-16(10-8-15)21-17(24)11-12-18(25)26-2/h3-10H,11-12H2,1-2H3,(H,21,24). The quantitative estimate of drug-likeness (QED) is 0.671. The lowest BCUT2D eigenvalue weighted by atomic mass is 10.1. The number of aryl methyl sites for hydroxylation is 1. The maximum absolute atomic E-state index is 11.8. The van der Waals surface area contributed by atoms with E-state index < -0.39 is 5.97 Å². The number of esters is 1. The van der Waals surface area contributed by atoms with Crippen LogP contribution in [0, 0.1) is 6.92 Å². The van der Waals surface area contributed by atoms with Crippen molar-refractivity contribution in [1.29, 1.82) is 0 Å². The van der Waals surface area contributed by atoms with Crippen LogP contribution in [0.3, 0.4) is 0 Å². The Balaban J connectivity index is 1.64. The number of hydrogen-bond acceptors (Lipinski definition) is 6. The van der Waals surface area contributed by atoms with Crippen molar-refractivity contribution in [1.82, 2.24) is 10.1 Å². The van der Waals surface area contributed by atoms with Gasteiger partial charge in [-0.25, -0.2) is 0 Å². The first-order valence-electron chi connectivity index (χ1n) is 8.43. The Labute approximate surface area is 156 Å². The van der Waals surface area contributed by atoms with Gasteiger partial charge in [-0.2, -0.15) is 4.98 Å². The van der Waals surface area contributed by atoms with E-state index in [9.17, 15) is 9.59 Å². The lowest BCUT2D eigenvalue weighted by molar-refractivity contribution is -0.141. The van der Waals surface area contributed by atoms with Gasteiger partial charge >= 0.3 is 5.97 Å². The zero-order valence-corrected chi connectivity index (χ0v) is 15.1. The fourth-order valence-corrected chi connectivity index (χ4v) is 2.40. The highest BCUT2D eigenvalue weighted by Gasteiger charge is 2.11. The SMILES string of the molecule is COC(=O)CCC(=O)Nc1ccc(-c2nc(-c3ccc(C)cc3)no2)cc1. The molecule has 138 valence electrons. The van der Waals surface area contributed by atoms with Crippen molar-refractivity contribution >= 4 is 17.6 Å². The Morgan fingerprint density at radius 3 is 2.33 bits per heavy atom. The summed E-state index contributed by atoms with van der Waals surface area (Å²) in [7, 11) is 1.29. The van der Waals surface area contributed by atoms with Crippen LogP contribution >= 0.6 is 0 Å². The van der Waals surface area contributed by atoms with E-state index >= 15 is 0 Å². The summed E-state index contributed by atoms with van der Waals surface area (Å²) in [4.78, 5) is 27.3. The number of ether oxygens (including phenoxy) is 1. The van der Waals surface area contributed by atoms with Crippen LogP contribution < -0.4 is 5.32 Å². The van der Waals surface area contributed by atoms with Gasteiger partial charge in [0.2, 0.25) is 11.7 Å². The molecule has 7 nitrogen and oxygen atoms in total. The lowest BCUT2D eigenvalue weighted by Crippen LogP contribution is -2.13. The highest BCUT2D eigenvalue weighted by atomic mass is 16.5. The first-order valence-corrected chi connectivity index (χ1v) is 8.43. The Morgan fingerprint density at radius 2 is 1.67 bits per heavy atom. The first kappa shape index (κ1) is 18.3. The van der Waals surface area contributed by atoms with Crippen LogP contribution in [0.1, 0.15) is 18.4 Å². The van der Waals surface area contributed by atoms with Crippen LogP contribution in [0.25, 0.3) is 22.8 Å². The average Bonchev–Trinajstić information content (AvgIpc) is 3.17. The summed E-state index contributed by atoms with van der Waals surface area (Å²) < 4.78 is 9.85. The summed E-state index contributed by atoms with van der Waals surface area (Å²) in [6, 6.07) is 14.9. The molecule has 3 aromatic rings. The van der Waals surface area contributed by atoms with Crippen molar-refractivity contribution < 1.29 is 18.8 Å². The van der Waals surface area contributed by atoms with E-state index in [4.69, 9.17) is 4.52 Å². The Bertz CT molecular complexity index is 931. The van der Waals surface area contributed by atoms with E-state index in [1.165, 1.54) is 7.11 Å². The molecule has 0 aliphatic rings. The minimum atomic E-state index is -0.415. The average molecular weight is 365 g/mol. The van der Waals surface area contributed by atoms with Crippen molar-refractivity contribution in [3.63, 3.8) is 0 Å². The molecule has 7 heteroatoms. The largest absolute Gasteiger partial charge is 0.469 e. The number of hydrogen-bond donors (Lipinski definition) is 1. The fraction of sp³-hybridized carbons (Fsp3) is 0.200. The van der Waals surface area contributed by atoms with E-state index in [1.54, 1.807) is 24.3 Å². The van der Waals surface area contributed by atoms with E-state index in [2.05, 4.69) is 20.2 Å². The molecule has 1 aromatic heterocycles. The minimum Gasteiger partial charge on any atom is -0.469 e. The minimum absolute atomic E-state index is 0.0458. The number of methoxy groups -OCH3 is 1. The normalized spacial score (nSPS) is 10.4. The molecule has 1 amide bonds. The van der Waals surface area contributed by atoms with Crippen LogP contribution in [0.2, 0.25) is 0 Å². The lowest BCUT2D eigenvalue weighted by Gasteiger charge is -2.05. The van der Waals surface area contributed by atoms with Gasteiger partial charge in [0.1, 0.15) is 0 Å². The van der Waals surface area contributed by atoms with Gasteiger partial charge in [-0.1, -0.05) is 35.0 Å². The molecule has 2 aromatic carbocycles. The van der Waals surface area contributed by atoms with E-state index in [0.29, 0.717) is 17.4 Å². The van der Waals surface area contributed by atoms with Crippen LogP contribution in [0.5, 0.6) is 0 Å². The predicted molar refractivity (Wildman–Crippen MR) is 99.8 cm³/mol. The number of aromatic nitrogens is 2. The topological polar surface area (TPSA) is 94.3 Å². The fourth-order valence-electron chi connectivity index (χ4n) is 2.40. The molecule has 0 atom stereocenters. The number of nitrogens with one attached hydrogen (secondary N) is 1. The molecule has 1 N–H and O–H groups in total.